The predicted octanol–water partition coefficient (Wildman–Crippen LogP) is 6.25. The molecule has 0 fully saturated rings. The van der Waals surface area contributed by atoms with E-state index < -0.39 is 0 Å². The lowest BCUT2D eigenvalue weighted by atomic mass is 10.0. The number of rotatable bonds is 4. The quantitative estimate of drug-likeness (QED) is 0.535. The van der Waals surface area contributed by atoms with Crippen LogP contribution >= 0.6 is 22.7 Å². The van der Waals surface area contributed by atoms with Crippen molar-refractivity contribution >= 4 is 40.1 Å². The lowest BCUT2D eigenvalue weighted by Gasteiger charge is -2.22. The molecule has 1 aliphatic carbocycles. The molecule has 0 bridgehead atoms. The van der Waals surface area contributed by atoms with Crippen molar-refractivity contribution in [3.8, 4) is 0 Å². The summed E-state index contributed by atoms with van der Waals surface area (Å²) in [7, 11) is 0. The van der Waals surface area contributed by atoms with E-state index in [1.54, 1.807) is 0 Å². The van der Waals surface area contributed by atoms with Gasteiger partial charge in [0.1, 0.15) is 5.82 Å². The summed E-state index contributed by atoms with van der Waals surface area (Å²) < 4.78 is 0. The summed E-state index contributed by atoms with van der Waals surface area (Å²) in [4.78, 5) is 9.87. The average molecular weight is 377 g/mol. The molecule has 2 aliphatic rings. The third-order valence-electron chi connectivity index (χ3n) is 5.18. The fraction of sp³-hybridized carbons (Fsp3) is 0.227. The maximum atomic E-state index is 4.69. The van der Waals surface area contributed by atoms with Crippen LogP contribution in [0, 0.1) is 0 Å². The molecule has 5 rings (SSSR count). The minimum absolute atomic E-state index is 1.06. The second-order valence-electron chi connectivity index (χ2n) is 6.72. The van der Waals surface area contributed by atoms with Gasteiger partial charge >= 0.3 is 0 Å². The van der Waals surface area contributed by atoms with Gasteiger partial charge in [-0.05, 0) is 77.4 Å². The van der Waals surface area contributed by atoms with Crippen LogP contribution in [0.4, 0.5) is 5.82 Å². The Kier molecular flexibility index (Phi) is 4.23. The van der Waals surface area contributed by atoms with Gasteiger partial charge in [0.2, 0.25) is 0 Å². The molecule has 1 aliphatic heterocycles. The second-order valence-corrected chi connectivity index (χ2v) is 8.64. The largest absolute Gasteiger partial charge is 0.329 e. The van der Waals surface area contributed by atoms with Crippen molar-refractivity contribution in [2.45, 2.75) is 25.7 Å². The van der Waals surface area contributed by atoms with E-state index in [9.17, 15) is 0 Å². The van der Waals surface area contributed by atoms with E-state index in [4.69, 9.17) is 4.98 Å². The van der Waals surface area contributed by atoms with Crippen LogP contribution in [-0.4, -0.2) is 11.5 Å². The second kappa shape index (κ2) is 6.86. The molecule has 0 atom stereocenters. The Morgan fingerprint density at radius 2 is 1.92 bits per heavy atom. The number of pyridine rings is 1. The minimum Gasteiger partial charge on any atom is -0.329 e. The molecule has 0 amide bonds. The molecule has 3 aromatic rings. The predicted molar refractivity (Wildman–Crippen MR) is 113 cm³/mol. The maximum absolute atomic E-state index is 4.69. The molecule has 0 radical (unpaired) electrons. The number of thiophene rings is 2. The molecule has 4 heterocycles. The third-order valence-corrected chi connectivity index (χ3v) is 6.91. The summed E-state index contributed by atoms with van der Waals surface area (Å²) in [5, 5.41) is 4.34. The summed E-state index contributed by atoms with van der Waals surface area (Å²) in [6, 6.07) is 13.0. The molecule has 2 nitrogen and oxygen atoms in total. The molecule has 0 N–H and O–H groups in total. The smallest absolute Gasteiger partial charge is 0.135 e. The third kappa shape index (κ3) is 2.83. The van der Waals surface area contributed by atoms with Gasteiger partial charge in [-0.15, -0.1) is 22.7 Å². The van der Waals surface area contributed by atoms with Crippen LogP contribution in [0.15, 0.2) is 64.6 Å². The van der Waals surface area contributed by atoms with E-state index in [0.29, 0.717) is 0 Å². The number of anilines is 1. The van der Waals surface area contributed by atoms with Crippen LogP contribution in [0.3, 0.4) is 0 Å². The van der Waals surface area contributed by atoms with Crippen LogP contribution in [0.5, 0.6) is 0 Å². The molecule has 0 aromatic carbocycles. The molecule has 0 saturated carbocycles. The van der Waals surface area contributed by atoms with Gasteiger partial charge in [-0.3, -0.25) is 0 Å². The molecule has 3 aromatic heterocycles. The highest BCUT2D eigenvalue weighted by Gasteiger charge is 2.29. The summed E-state index contributed by atoms with van der Waals surface area (Å²) in [5.41, 5.74) is 5.78. The van der Waals surface area contributed by atoms with Gasteiger partial charge < -0.3 is 4.90 Å². The summed E-state index contributed by atoms with van der Waals surface area (Å²) >= 11 is 3.65. The molecule has 4 heteroatoms. The fourth-order valence-corrected chi connectivity index (χ4v) is 5.47. The zero-order chi connectivity index (χ0) is 17.3. The van der Waals surface area contributed by atoms with Crippen LogP contribution in [0.1, 0.15) is 34.6 Å². The van der Waals surface area contributed by atoms with Crippen molar-refractivity contribution in [1.82, 2.24) is 4.98 Å². The Bertz CT molecular complexity index is 966. The van der Waals surface area contributed by atoms with E-state index in [1.165, 1.54) is 44.4 Å². The average Bonchev–Trinajstić information content (AvgIpc) is 3.47. The van der Waals surface area contributed by atoms with Gasteiger partial charge in [-0.2, -0.15) is 0 Å². The number of fused-ring (bicyclic) bond motifs is 1. The zero-order valence-corrected chi connectivity index (χ0v) is 16.2. The first kappa shape index (κ1) is 16.0. The Hall–Kier alpha value is -2.17. The van der Waals surface area contributed by atoms with Crippen molar-refractivity contribution in [2.75, 3.05) is 11.4 Å². The SMILES string of the molecule is C(=C(\C1=C(N2CCc3cccnc32)CCC1)c1cccs1)/c1cccs1. The minimum atomic E-state index is 1.06. The van der Waals surface area contributed by atoms with Gasteiger partial charge in [0.25, 0.3) is 0 Å². The highest BCUT2D eigenvalue weighted by Crippen LogP contribution is 2.43. The topological polar surface area (TPSA) is 16.1 Å². The van der Waals surface area contributed by atoms with Gasteiger partial charge in [-0.25, -0.2) is 4.98 Å². The van der Waals surface area contributed by atoms with Gasteiger partial charge in [0.05, 0.1) is 0 Å². The Morgan fingerprint density at radius 3 is 2.77 bits per heavy atom. The summed E-state index contributed by atoms with van der Waals surface area (Å²) in [5.74, 6) is 1.17. The fourth-order valence-electron chi connectivity index (χ4n) is 4.04. The summed E-state index contributed by atoms with van der Waals surface area (Å²) in [6.45, 7) is 1.06. The van der Waals surface area contributed by atoms with Crippen LogP contribution in [-0.2, 0) is 6.42 Å². The zero-order valence-electron chi connectivity index (χ0n) is 14.5. The highest BCUT2D eigenvalue weighted by molar-refractivity contribution is 7.12. The number of hydrogen-bond acceptors (Lipinski definition) is 4. The Labute approximate surface area is 162 Å². The van der Waals surface area contributed by atoms with Gasteiger partial charge in [0, 0.05) is 28.2 Å². The van der Waals surface area contributed by atoms with E-state index in [0.717, 1.165) is 25.8 Å². The monoisotopic (exact) mass is 376 g/mol. The number of hydrogen-bond donors (Lipinski definition) is 0. The van der Waals surface area contributed by atoms with Crippen molar-refractivity contribution in [3.05, 3.63) is 79.9 Å². The van der Waals surface area contributed by atoms with Gasteiger partial charge in [0.15, 0.2) is 0 Å². The van der Waals surface area contributed by atoms with Crippen molar-refractivity contribution in [1.29, 1.82) is 0 Å². The van der Waals surface area contributed by atoms with Gasteiger partial charge in [-0.1, -0.05) is 18.2 Å². The Balaban J connectivity index is 1.63. The molecule has 26 heavy (non-hydrogen) atoms. The first-order valence-electron chi connectivity index (χ1n) is 9.13. The molecule has 130 valence electrons. The number of nitrogens with zero attached hydrogens (tertiary/aromatic N) is 2. The van der Waals surface area contributed by atoms with Crippen molar-refractivity contribution < 1.29 is 0 Å². The van der Waals surface area contributed by atoms with Crippen LogP contribution in [0.25, 0.3) is 11.6 Å². The first-order chi connectivity index (χ1) is 12.9. The van der Waals surface area contributed by atoms with E-state index in [1.807, 2.05) is 28.9 Å². The standard InChI is InChI=1S/C22H20N2S2/c1-7-18(19(21-9-4-14-26-21)15-17-6-3-13-25-17)20(8-1)24-12-10-16-5-2-11-23-22(16)24/h2-6,9,11,13-15H,1,7-8,10,12H2/b19-15-. The van der Waals surface area contributed by atoms with E-state index >= 15 is 0 Å². The highest BCUT2D eigenvalue weighted by atomic mass is 32.1. The molecule has 0 spiro atoms. The van der Waals surface area contributed by atoms with Crippen molar-refractivity contribution in [3.63, 3.8) is 0 Å². The molecule has 0 saturated heterocycles. The normalized spacial score (nSPS) is 17.2. The first-order valence-corrected chi connectivity index (χ1v) is 10.9. The summed E-state index contributed by atoms with van der Waals surface area (Å²) in [6.07, 6.45) is 8.95. The molecular formula is C22H20N2S2. The number of allylic oxidation sites excluding steroid dienone is 3. The van der Waals surface area contributed by atoms with Crippen molar-refractivity contribution in [2.24, 2.45) is 0 Å². The Morgan fingerprint density at radius 1 is 1.00 bits per heavy atom. The maximum Gasteiger partial charge on any atom is 0.135 e. The van der Waals surface area contributed by atoms with Crippen LogP contribution < -0.4 is 4.90 Å². The molecule has 0 unspecified atom stereocenters. The number of aromatic nitrogens is 1. The lowest BCUT2D eigenvalue weighted by Crippen LogP contribution is -2.20. The van der Waals surface area contributed by atoms with Crippen LogP contribution in [0.2, 0.25) is 0 Å². The lowest BCUT2D eigenvalue weighted by molar-refractivity contribution is 0.846. The molecular weight excluding hydrogens is 356 g/mol. The van der Waals surface area contributed by atoms with E-state index in [2.05, 4.69) is 58.1 Å². The van der Waals surface area contributed by atoms with E-state index in [-0.39, 0.29) is 0 Å².